The molecule has 0 spiro atoms. The molecule has 0 aliphatic carbocycles. The van der Waals surface area contributed by atoms with E-state index in [4.69, 9.17) is 0 Å². The third-order valence-electron chi connectivity index (χ3n) is 5.68. The number of hydrogen-bond acceptors (Lipinski definition) is 4. The van der Waals surface area contributed by atoms with Crippen LogP contribution in [0.5, 0.6) is 0 Å². The van der Waals surface area contributed by atoms with Crippen LogP contribution in [0.3, 0.4) is 0 Å². The smallest absolute Gasteiger partial charge is 0.271 e. The zero-order valence-corrected chi connectivity index (χ0v) is 20.3. The molecule has 4 rings (SSSR count). The molecule has 1 amide bonds. The van der Waals surface area contributed by atoms with Gasteiger partial charge in [-0.05, 0) is 77.0 Å². The Morgan fingerprint density at radius 3 is 2.31 bits per heavy atom. The highest BCUT2D eigenvalue weighted by atomic mass is 127. The molecular formula is C26H27IN4O. The van der Waals surface area contributed by atoms with E-state index in [-0.39, 0.29) is 5.91 Å². The molecule has 164 valence electrons. The van der Waals surface area contributed by atoms with Crippen LogP contribution in [0.1, 0.15) is 28.4 Å². The molecule has 6 heteroatoms. The predicted molar refractivity (Wildman–Crippen MR) is 139 cm³/mol. The van der Waals surface area contributed by atoms with E-state index in [2.05, 4.69) is 73.2 Å². The number of benzene rings is 3. The Morgan fingerprint density at radius 1 is 0.906 bits per heavy atom. The average Bonchev–Trinajstić information content (AvgIpc) is 2.84. The van der Waals surface area contributed by atoms with Crippen LogP contribution in [0.2, 0.25) is 0 Å². The summed E-state index contributed by atoms with van der Waals surface area (Å²) in [7, 11) is 0. The number of carbonyl (C=O) groups is 1. The highest BCUT2D eigenvalue weighted by Crippen LogP contribution is 2.17. The molecule has 1 fully saturated rings. The summed E-state index contributed by atoms with van der Waals surface area (Å²) in [6.45, 7) is 6.92. The fourth-order valence-corrected chi connectivity index (χ4v) is 4.34. The van der Waals surface area contributed by atoms with E-state index in [9.17, 15) is 4.79 Å². The minimum absolute atomic E-state index is 0.196. The lowest BCUT2D eigenvalue weighted by Gasteiger charge is -2.36. The lowest BCUT2D eigenvalue weighted by Crippen LogP contribution is -2.45. The number of para-hydroxylation sites is 1. The standard InChI is InChI=1S/C26H27IN4O/c1-20(23-6-5-7-24(27)18-23)28-29-26(32)22-12-10-21(11-13-22)19-30-14-16-31(17-15-30)25-8-3-2-4-9-25/h2-13,18H,14-17,19H2,1H3,(H,29,32)/b28-20+. The number of carbonyl (C=O) groups excluding carboxylic acids is 1. The van der Waals surface area contributed by atoms with Gasteiger partial charge in [-0.2, -0.15) is 5.10 Å². The zero-order chi connectivity index (χ0) is 22.3. The molecule has 1 aliphatic heterocycles. The third kappa shape index (κ3) is 5.95. The summed E-state index contributed by atoms with van der Waals surface area (Å²) in [5, 5.41) is 4.26. The summed E-state index contributed by atoms with van der Waals surface area (Å²) in [5.74, 6) is -0.196. The first-order chi connectivity index (χ1) is 15.6. The van der Waals surface area contributed by atoms with E-state index >= 15 is 0 Å². The monoisotopic (exact) mass is 538 g/mol. The maximum atomic E-state index is 12.5. The molecule has 1 heterocycles. The van der Waals surface area contributed by atoms with Crippen LogP contribution < -0.4 is 10.3 Å². The number of piperazine rings is 1. The minimum atomic E-state index is -0.196. The summed E-state index contributed by atoms with van der Waals surface area (Å²) < 4.78 is 1.14. The molecule has 3 aromatic rings. The van der Waals surface area contributed by atoms with Gasteiger partial charge in [0, 0.05) is 47.5 Å². The Kier molecular flexibility index (Phi) is 7.55. The van der Waals surface area contributed by atoms with Crippen LogP contribution in [-0.4, -0.2) is 42.7 Å². The summed E-state index contributed by atoms with van der Waals surface area (Å²) >= 11 is 2.27. The maximum absolute atomic E-state index is 12.5. The van der Waals surface area contributed by atoms with Gasteiger partial charge in [0.05, 0.1) is 5.71 Å². The van der Waals surface area contributed by atoms with Gasteiger partial charge < -0.3 is 4.90 Å². The second kappa shape index (κ2) is 10.7. The molecule has 0 unspecified atom stereocenters. The largest absolute Gasteiger partial charge is 0.369 e. The van der Waals surface area contributed by atoms with Crippen molar-refractivity contribution in [3.63, 3.8) is 0 Å². The SMILES string of the molecule is C/C(=N\NC(=O)c1ccc(CN2CCN(c3ccccc3)CC2)cc1)c1cccc(I)c1. The van der Waals surface area contributed by atoms with Crippen LogP contribution in [-0.2, 0) is 6.54 Å². The molecular weight excluding hydrogens is 511 g/mol. The van der Waals surface area contributed by atoms with Crippen molar-refractivity contribution in [2.75, 3.05) is 31.1 Å². The molecule has 0 radical (unpaired) electrons. The number of anilines is 1. The summed E-state index contributed by atoms with van der Waals surface area (Å²) in [4.78, 5) is 17.4. The molecule has 0 saturated carbocycles. The van der Waals surface area contributed by atoms with E-state index in [1.165, 1.54) is 11.3 Å². The van der Waals surface area contributed by atoms with Crippen LogP contribution >= 0.6 is 22.6 Å². The first-order valence-corrected chi connectivity index (χ1v) is 11.9. The second-order valence-electron chi connectivity index (χ2n) is 7.94. The normalized spacial score (nSPS) is 14.9. The van der Waals surface area contributed by atoms with Crippen molar-refractivity contribution in [3.05, 3.63) is 99.1 Å². The minimum Gasteiger partial charge on any atom is -0.369 e. The van der Waals surface area contributed by atoms with Crippen molar-refractivity contribution >= 4 is 39.9 Å². The summed E-state index contributed by atoms with van der Waals surface area (Å²) in [6.07, 6.45) is 0. The van der Waals surface area contributed by atoms with Gasteiger partial charge in [-0.1, -0.05) is 42.5 Å². The van der Waals surface area contributed by atoms with E-state index in [0.29, 0.717) is 5.56 Å². The van der Waals surface area contributed by atoms with Gasteiger partial charge in [-0.3, -0.25) is 9.69 Å². The number of hydrogen-bond donors (Lipinski definition) is 1. The molecule has 3 aromatic carbocycles. The Bertz CT molecular complexity index is 1070. The van der Waals surface area contributed by atoms with Gasteiger partial charge in [0.15, 0.2) is 0 Å². The summed E-state index contributed by atoms with van der Waals surface area (Å²) in [5.41, 5.74) is 7.57. The average molecular weight is 538 g/mol. The first-order valence-electron chi connectivity index (χ1n) is 10.8. The lowest BCUT2D eigenvalue weighted by molar-refractivity contribution is 0.0955. The number of amides is 1. The van der Waals surface area contributed by atoms with E-state index in [1.54, 1.807) is 0 Å². The second-order valence-corrected chi connectivity index (χ2v) is 9.19. The molecule has 1 N–H and O–H groups in total. The van der Waals surface area contributed by atoms with Crippen LogP contribution in [0.4, 0.5) is 5.69 Å². The van der Waals surface area contributed by atoms with Crippen LogP contribution in [0.25, 0.3) is 0 Å². The van der Waals surface area contributed by atoms with Gasteiger partial charge in [0.2, 0.25) is 0 Å². The number of nitrogens with one attached hydrogen (secondary N) is 1. The molecule has 32 heavy (non-hydrogen) atoms. The van der Waals surface area contributed by atoms with Gasteiger partial charge >= 0.3 is 0 Å². The van der Waals surface area contributed by atoms with Gasteiger partial charge in [-0.15, -0.1) is 0 Å². The Hall–Kier alpha value is -2.71. The van der Waals surface area contributed by atoms with E-state index < -0.39 is 0 Å². The van der Waals surface area contributed by atoms with Crippen LogP contribution in [0, 0.1) is 3.57 Å². The lowest BCUT2D eigenvalue weighted by atomic mass is 10.1. The third-order valence-corrected chi connectivity index (χ3v) is 6.35. The molecule has 5 nitrogen and oxygen atoms in total. The number of hydrazone groups is 1. The van der Waals surface area contributed by atoms with Crippen molar-refractivity contribution in [1.82, 2.24) is 10.3 Å². The van der Waals surface area contributed by atoms with E-state index in [0.717, 1.165) is 47.6 Å². The van der Waals surface area contributed by atoms with Crippen LogP contribution in [0.15, 0.2) is 84.0 Å². The Balaban J connectivity index is 1.28. The van der Waals surface area contributed by atoms with Gasteiger partial charge in [0.1, 0.15) is 0 Å². The van der Waals surface area contributed by atoms with Gasteiger partial charge in [-0.25, -0.2) is 5.43 Å². The fourth-order valence-electron chi connectivity index (χ4n) is 3.80. The molecule has 0 atom stereocenters. The fraction of sp³-hybridized carbons (Fsp3) is 0.231. The molecule has 1 saturated heterocycles. The number of nitrogens with zero attached hydrogens (tertiary/aromatic N) is 3. The van der Waals surface area contributed by atoms with Crippen molar-refractivity contribution in [3.8, 4) is 0 Å². The first kappa shape index (κ1) is 22.5. The molecule has 0 bridgehead atoms. The van der Waals surface area contributed by atoms with Crippen molar-refractivity contribution in [2.45, 2.75) is 13.5 Å². The highest BCUT2D eigenvalue weighted by Gasteiger charge is 2.17. The highest BCUT2D eigenvalue weighted by molar-refractivity contribution is 14.1. The number of rotatable bonds is 6. The van der Waals surface area contributed by atoms with E-state index in [1.807, 2.05) is 55.5 Å². The van der Waals surface area contributed by atoms with Crippen molar-refractivity contribution < 1.29 is 4.79 Å². The van der Waals surface area contributed by atoms with Crippen molar-refractivity contribution in [1.29, 1.82) is 0 Å². The molecule has 0 aromatic heterocycles. The topological polar surface area (TPSA) is 47.9 Å². The predicted octanol–water partition coefficient (Wildman–Crippen LogP) is 4.77. The van der Waals surface area contributed by atoms with Gasteiger partial charge in [0.25, 0.3) is 5.91 Å². The maximum Gasteiger partial charge on any atom is 0.271 e. The van der Waals surface area contributed by atoms with Crippen molar-refractivity contribution in [2.24, 2.45) is 5.10 Å². The quantitative estimate of drug-likeness (QED) is 0.280. The Labute approximate surface area is 203 Å². The summed E-state index contributed by atoms with van der Waals surface area (Å²) in [6, 6.07) is 26.5. The zero-order valence-electron chi connectivity index (χ0n) is 18.2. The Morgan fingerprint density at radius 2 is 1.62 bits per heavy atom. The molecule has 1 aliphatic rings. The number of halogens is 1.